The van der Waals surface area contributed by atoms with Crippen molar-refractivity contribution in [2.45, 2.75) is 38.6 Å². The quantitative estimate of drug-likeness (QED) is 0.568. The molecule has 0 spiro atoms. The maximum Gasteiger partial charge on any atom is 0.180 e. The number of piperidine rings is 1. The molecular weight excluding hydrogens is 418 g/mol. The Kier molecular flexibility index (Phi) is 7.03. The van der Waals surface area contributed by atoms with Crippen LogP contribution in [0.25, 0.3) is 0 Å². The van der Waals surface area contributed by atoms with Crippen LogP contribution in [0.1, 0.15) is 52.5 Å². The molecule has 0 radical (unpaired) electrons. The van der Waals surface area contributed by atoms with Gasteiger partial charge in [0.1, 0.15) is 5.75 Å². The number of rotatable bonds is 7. The SMILES string of the molecule is COc1ccc(C(C)=O)cc1CC(C(=O)c1ccc(Br)cc1)N1CCCCC1. The number of hydrogen-bond donors (Lipinski definition) is 0. The summed E-state index contributed by atoms with van der Waals surface area (Å²) in [5.41, 5.74) is 2.25. The molecule has 0 aliphatic carbocycles. The monoisotopic (exact) mass is 443 g/mol. The van der Waals surface area contributed by atoms with Crippen LogP contribution in [0.5, 0.6) is 5.75 Å². The lowest BCUT2D eigenvalue weighted by Gasteiger charge is -2.34. The van der Waals surface area contributed by atoms with Gasteiger partial charge in [0.05, 0.1) is 13.2 Å². The van der Waals surface area contributed by atoms with E-state index in [1.54, 1.807) is 20.1 Å². The van der Waals surface area contributed by atoms with Gasteiger partial charge >= 0.3 is 0 Å². The Balaban J connectivity index is 1.95. The molecule has 1 aliphatic heterocycles. The molecule has 1 aliphatic rings. The summed E-state index contributed by atoms with van der Waals surface area (Å²) < 4.78 is 6.48. The number of ketones is 2. The fourth-order valence-electron chi connectivity index (χ4n) is 3.79. The first kappa shape index (κ1) is 20.7. The van der Waals surface area contributed by atoms with E-state index in [0.717, 1.165) is 41.7 Å². The molecule has 0 amide bonds. The zero-order chi connectivity index (χ0) is 20.1. The van der Waals surface area contributed by atoms with Crippen molar-refractivity contribution in [1.29, 1.82) is 0 Å². The molecule has 4 nitrogen and oxygen atoms in total. The molecular formula is C23H26BrNO3. The van der Waals surface area contributed by atoms with E-state index >= 15 is 0 Å². The van der Waals surface area contributed by atoms with E-state index in [9.17, 15) is 9.59 Å². The fourth-order valence-corrected chi connectivity index (χ4v) is 4.05. The van der Waals surface area contributed by atoms with Crippen LogP contribution in [0.2, 0.25) is 0 Å². The summed E-state index contributed by atoms with van der Waals surface area (Å²) in [6.07, 6.45) is 3.95. The summed E-state index contributed by atoms with van der Waals surface area (Å²) in [6.45, 7) is 3.39. The molecule has 0 bridgehead atoms. The van der Waals surface area contributed by atoms with Crippen LogP contribution in [0.3, 0.4) is 0 Å². The Bertz CT molecular complexity index is 841. The summed E-state index contributed by atoms with van der Waals surface area (Å²) in [5.74, 6) is 0.845. The number of Topliss-reactive ketones (excluding diaryl/α,β-unsaturated/α-hetero) is 2. The summed E-state index contributed by atoms with van der Waals surface area (Å²) >= 11 is 3.43. The largest absolute Gasteiger partial charge is 0.496 e. The zero-order valence-corrected chi connectivity index (χ0v) is 18.0. The van der Waals surface area contributed by atoms with Gasteiger partial charge in [-0.15, -0.1) is 0 Å². The van der Waals surface area contributed by atoms with Gasteiger partial charge in [0, 0.05) is 15.6 Å². The highest BCUT2D eigenvalue weighted by molar-refractivity contribution is 9.10. The van der Waals surface area contributed by atoms with Gasteiger partial charge in [-0.1, -0.05) is 34.5 Å². The van der Waals surface area contributed by atoms with Gasteiger partial charge in [-0.2, -0.15) is 0 Å². The first-order valence-corrected chi connectivity index (χ1v) is 10.5. The summed E-state index contributed by atoms with van der Waals surface area (Å²) in [6, 6.07) is 12.7. The maximum atomic E-state index is 13.4. The van der Waals surface area contributed by atoms with Gasteiger partial charge in [0.15, 0.2) is 11.6 Å². The Morgan fingerprint density at radius 3 is 2.29 bits per heavy atom. The molecule has 1 heterocycles. The summed E-state index contributed by atoms with van der Waals surface area (Å²) in [4.78, 5) is 27.5. The molecule has 5 heteroatoms. The maximum absolute atomic E-state index is 13.4. The van der Waals surface area contributed by atoms with E-state index in [1.165, 1.54) is 6.42 Å². The Labute approximate surface area is 175 Å². The number of halogens is 1. The van der Waals surface area contributed by atoms with Crippen LogP contribution in [0, 0.1) is 0 Å². The minimum absolute atomic E-state index is 0.0117. The number of methoxy groups -OCH3 is 1. The highest BCUT2D eigenvalue weighted by Crippen LogP contribution is 2.26. The van der Waals surface area contributed by atoms with Gasteiger partial charge in [-0.05, 0) is 75.2 Å². The van der Waals surface area contributed by atoms with E-state index in [2.05, 4.69) is 20.8 Å². The molecule has 1 unspecified atom stereocenters. The third kappa shape index (κ3) is 4.89. The normalized spacial score (nSPS) is 15.8. The van der Waals surface area contributed by atoms with E-state index in [-0.39, 0.29) is 17.6 Å². The van der Waals surface area contributed by atoms with Crippen LogP contribution in [0.4, 0.5) is 0 Å². The average Bonchev–Trinajstić information content (AvgIpc) is 2.72. The second-order valence-corrected chi connectivity index (χ2v) is 8.19. The lowest BCUT2D eigenvalue weighted by atomic mass is 9.93. The molecule has 0 N–H and O–H groups in total. The van der Waals surface area contributed by atoms with Crippen molar-refractivity contribution in [2.75, 3.05) is 20.2 Å². The Morgan fingerprint density at radius 1 is 1.04 bits per heavy atom. The molecule has 1 fully saturated rings. The molecule has 28 heavy (non-hydrogen) atoms. The smallest absolute Gasteiger partial charge is 0.180 e. The number of hydrogen-bond acceptors (Lipinski definition) is 4. The van der Waals surface area contributed by atoms with Crippen LogP contribution >= 0.6 is 15.9 Å². The van der Waals surface area contributed by atoms with Gasteiger partial charge < -0.3 is 4.74 Å². The number of carbonyl (C=O) groups is 2. The van der Waals surface area contributed by atoms with Crippen molar-refractivity contribution in [3.8, 4) is 5.75 Å². The van der Waals surface area contributed by atoms with Crippen molar-refractivity contribution in [1.82, 2.24) is 4.90 Å². The third-order valence-electron chi connectivity index (χ3n) is 5.36. The number of nitrogens with zero attached hydrogens (tertiary/aromatic N) is 1. The van der Waals surface area contributed by atoms with Gasteiger partial charge in [-0.25, -0.2) is 0 Å². The third-order valence-corrected chi connectivity index (χ3v) is 5.89. The van der Waals surface area contributed by atoms with E-state index < -0.39 is 0 Å². The van der Waals surface area contributed by atoms with Crippen LogP contribution in [0.15, 0.2) is 46.9 Å². The Hall–Kier alpha value is -1.98. The average molecular weight is 444 g/mol. The second-order valence-electron chi connectivity index (χ2n) is 7.27. The minimum Gasteiger partial charge on any atom is -0.496 e. The van der Waals surface area contributed by atoms with E-state index in [4.69, 9.17) is 4.74 Å². The van der Waals surface area contributed by atoms with Crippen molar-refractivity contribution in [3.05, 3.63) is 63.6 Å². The van der Waals surface area contributed by atoms with Crippen molar-refractivity contribution >= 4 is 27.5 Å². The van der Waals surface area contributed by atoms with Gasteiger partial charge in [0.25, 0.3) is 0 Å². The standard InChI is InChI=1S/C23H26BrNO3/c1-16(26)18-8-11-22(28-2)19(14-18)15-21(25-12-4-3-5-13-25)23(27)17-6-9-20(24)10-7-17/h6-11,14,21H,3-5,12-13,15H2,1-2H3. The molecule has 0 saturated carbocycles. The van der Waals surface area contributed by atoms with Crippen molar-refractivity contribution < 1.29 is 14.3 Å². The van der Waals surface area contributed by atoms with Gasteiger partial charge in [0.2, 0.25) is 0 Å². The fraction of sp³-hybridized carbons (Fsp3) is 0.391. The molecule has 148 valence electrons. The predicted molar refractivity (Wildman–Crippen MR) is 114 cm³/mol. The summed E-state index contributed by atoms with van der Waals surface area (Å²) in [5, 5.41) is 0. The second kappa shape index (κ2) is 9.48. The zero-order valence-electron chi connectivity index (χ0n) is 16.4. The lowest BCUT2D eigenvalue weighted by molar-refractivity contribution is 0.0782. The predicted octanol–water partition coefficient (Wildman–Crippen LogP) is 4.94. The van der Waals surface area contributed by atoms with Crippen molar-refractivity contribution in [2.24, 2.45) is 0 Å². The van der Waals surface area contributed by atoms with Crippen molar-refractivity contribution in [3.63, 3.8) is 0 Å². The number of carbonyl (C=O) groups excluding carboxylic acids is 2. The molecule has 0 aromatic heterocycles. The van der Waals surface area contributed by atoms with E-state index in [1.807, 2.05) is 36.4 Å². The lowest BCUT2D eigenvalue weighted by Crippen LogP contribution is -2.45. The minimum atomic E-state index is -0.266. The van der Waals surface area contributed by atoms with Crippen LogP contribution < -0.4 is 4.74 Å². The molecule has 1 saturated heterocycles. The molecule has 2 aromatic carbocycles. The molecule has 3 rings (SSSR count). The van der Waals surface area contributed by atoms with Crippen LogP contribution in [-0.2, 0) is 6.42 Å². The highest BCUT2D eigenvalue weighted by atomic mass is 79.9. The van der Waals surface area contributed by atoms with Gasteiger partial charge in [-0.3, -0.25) is 14.5 Å². The number of ether oxygens (including phenoxy) is 1. The first-order chi connectivity index (χ1) is 13.5. The molecule has 2 aromatic rings. The Morgan fingerprint density at radius 2 is 1.68 bits per heavy atom. The van der Waals surface area contributed by atoms with E-state index in [0.29, 0.717) is 17.5 Å². The first-order valence-electron chi connectivity index (χ1n) is 9.71. The highest BCUT2D eigenvalue weighted by Gasteiger charge is 2.29. The molecule has 1 atom stereocenters. The number of likely N-dealkylation sites (tertiary alicyclic amines) is 1. The van der Waals surface area contributed by atoms with Crippen LogP contribution in [-0.4, -0.2) is 42.7 Å². The number of benzene rings is 2. The topological polar surface area (TPSA) is 46.6 Å². The summed E-state index contributed by atoms with van der Waals surface area (Å²) in [7, 11) is 1.62.